The molecule has 0 saturated carbocycles. The highest BCUT2D eigenvalue weighted by molar-refractivity contribution is 9.10. The van der Waals surface area contributed by atoms with Crippen LogP contribution in [-0.2, 0) is 0 Å². The summed E-state index contributed by atoms with van der Waals surface area (Å²) in [6.07, 6.45) is 0. The van der Waals surface area contributed by atoms with Crippen LogP contribution in [0.3, 0.4) is 0 Å². The quantitative estimate of drug-likeness (QED) is 0.814. The number of carbonyl (C=O) groups excluding carboxylic acids is 1. The van der Waals surface area contributed by atoms with Gasteiger partial charge >= 0.3 is 0 Å². The van der Waals surface area contributed by atoms with E-state index in [1.807, 2.05) is 43.3 Å². The molecule has 1 unspecified atom stereocenters. The van der Waals surface area contributed by atoms with Gasteiger partial charge in [0.2, 0.25) is 0 Å². The molecule has 0 radical (unpaired) electrons. The topological polar surface area (TPSA) is 32.3 Å². The average molecular weight is 400 g/mol. The van der Waals surface area contributed by atoms with Crippen molar-refractivity contribution < 1.29 is 9.18 Å². The smallest absolute Gasteiger partial charge is 0.252 e. The van der Waals surface area contributed by atoms with Gasteiger partial charge in [0.1, 0.15) is 5.82 Å². The minimum atomic E-state index is -0.393. The molecule has 2 aromatic carbocycles. The summed E-state index contributed by atoms with van der Waals surface area (Å²) in [5, 5.41) is 3.53. The Labute approximate surface area is 148 Å². The summed E-state index contributed by atoms with van der Waals surface area (Å²) in [5.41, 5.74) is 1.33. The van der Waals surface area contributed by atoms with Crippen LogP contribution >= 0.6 is 27.5 Å². The molecule has 6 heteroatoms. The molecule has 0 saturated heterocycles. The van der Waals surface area contributed by atoms with Crippen LogP contribution in [-0.4, -0.2) is 31.4 Å². The van der Waals surface area contributed by atoms with E-state index in [9.17, 15) is 9.18 Å². The van der Waals surface area contributed by atoms with E-state index >= 15 is 0 Å². The zero-order valence-electron chi connectivity index (χ0n) is 12.8. The van der Waals surface area contributed by atoms with Gasteiger partial charge in [0.15, 0.2) is 0 Å². The number of rotatable bonds is 5. The number of carbonyl (C=O) groups is 1. The van der Waals surface area contributed by atoms with E-state index in [-0.39, 0.29) is 11.9 Å². The number of hydrogen-bond acceptors (Lipinski definition) is 2. The summed E-state index contributed by atoms with van der Waals surface area (Å²) in [7, 11) is 3.85. The van der Waals surface area contributed by atoms with E-state index in [1.165, 1.54) is 18.2 Å². The highest BCUT2D eigenvalue weighted by atomic mass is 79.9. The molecule has 1 N–H and O–H groups in total. The summed E-state index contributed by atoms with van der Waals surface area (Å²) in [5.74, 6) is -0.661. The first-order chi connectivity index (χ1) is 10.9. The molecule has 2 aromatic rings. The molecule has 0 bridgehead atoms. The lowest BCUT2D eigenvalue weighted by Gasteiger charge is -2.26. The van der Waals surface area contributed by atoms with Crippen LogP contribution in [0, 0.1) is 5.82 Å². The van der Waals surface area contributed by atoms with Crippen LogP contribution in [0.15, 0.2) is 46.9 Å². The number of halogens is 3. The fourth-order valence-electron chi connectivity index (χ4n) is 2.27. The van der Waals surface area contributed by atoms with Gasteiger partial charge in [-0.1, -0.05) is 29.8 Å². The molecule has 1 atom stereocenters. The SMILES string of the molecule is CN(C)C(CNC(=O)c1ccc(F)cc1Br)c1ccccc1Cl. The first kappa shape index (κ1) is 17.9. The molecule has 0 fully saturated rings. The highest BCUT2D eigenvalue weighted by Gasteiger charge is 2.19. The average Bonchev–Trinajstić information content (AvgIpc) is 2.48. The number of nitrogens with one attached hydrogen (secondary N) is 1. The number of amides is 1. The molecule has 0 aromatic heterocycles. The molecule has 2 rings (SSSR count). The van der Waals surface area contributed by atoms with Crippen LogP contribution in [0.4, 0.5) is 4.39 Å². The van der Waals surface area contributed by atoms with Gasteiger partial charge in [0.25, 0.3) is 5.91 Å². The van der Waals surface area contributed by atoms with E-state index in [0.29, 0.717) is 21.6 Å². The monoisotopic (exact) mass is 398 g/mol. The minimum Gasteiger partial charge on any atom is -0.350 e. The van der Waals surface area contributed by atoms with E-state index in [4.69, 9.17) is 11.6 Å². The molecule has 0 aliphatic heterocycles. The molecule has 0 heterocycles. The number of nitrogens with zero attached hydrogens (tertiary/aromatic N) is 1. The van der Waals surface area contributed by atoms with Crippen LogP contribution in [0.5, 0.6) is 0 Å². The lowest BCUT2D eigenvalue weighted by Crippen LogP contribution is -2.34. The third kappa shape index (κ3) is 4.53. The summed E-state index contributed by atoms with van der Waals surface area (Å²) >= 11 is 9.46. The Hall–Kier alpha value is -1.43. The van der Waals surface area contributed by atoms with E-state index in [2.05, 4.69) is 21.2 Å². The maximum atomic E-state index is 13.1. The maximum absolute atomic E-state index is 13.1. The number of likely N-dealkylation sites (N-methyl/N-ethyl adjacent to an activating group) is 1. The molecule has 122 valence electrons. The molecule has 1 amide bonds. The van der Waals surface area contributed by atoms with Crippen molar-refractivity contribution in [2.75, 3.05) is 20.6 Å². The van der Waals surface area contributed by atoms with Crippen molar-refractivity contribution in [2.45, 2.75) is 6.04 Å². The minimum absolute atomic E-state index is 0.0631. The van der Waals surface area contributed by atoms with E-state index in [1.54, 1.807) is 0 Å². The van der Waals surface area contributed by atoms with E-state index in [0.717, 1.165) is 5.56 Å². The maximum Gasteiger partial charge on any atom is 0.252 e. The third-order valence-corrected chi connectivity index (χ3v) is 4.52. The Balaban J connectivity index is 2.13. The Morgan fingerprint density at radius 1 is 1.30 bits per heavy atom. The Kier molecular flexibility index (Phi) is 6.16. The largest absolute Gasteiger partial charge is 0.350 e. The predicted molar refractivity (Wildman–Crippen MR) is 94.3 cm³/mol. The number of hydrogen-bond donors (Lipinski definition) is 1. The fourth-order valence-corrected chi connectivity index (χ4v) is 3.07. The van der Waals surface area contributed by atoms with Gasteiger partial charge in [0.05, 0.1) is 11.6 Å². The molecule has 0 spiro atoms. The molecular weight excluding hydrogens is 383 g/mol. The van der Waals surface area contributed by atoms with Gasteiger partial charge in [-0.15, -0.1) is 0 Å². The fraction of sp³-hybridized carbons (Fsp3) is 0.235. The van der Waals surface area contributed by atoms with Crippen LogP contribution in [0.1, 0.15) is 22.0 Å². The zero-order chi connectivity index (χ0) is 17.0. The summed E-state index contributed by atoms with van der Waals surface area (Å²) in [6, 6.07) is 11.5. The van der Waals surface area contributed by atoms with Crippen molar-refractivity contribution in [3.8, 4) is 0 Å². The Bertz CT molecular complexity index is 709. The van der Waals surface area contributed by atoms with Crippen LogP contribution in [0.25, 0.3) is 0 Å². The second-order valence-corrected chi connectivity index (χ2v) is 6.60. The van der Waals surface area contributed by atoms with Crippen molar-refractivity contribution in [3.63, 3.8) is 0 Å². The highest BCUT2D eigenvalue weighted by Crippen LogP contribution is 2.25. The lowest BCUT2D eigenvalue weighted by molar-refractivity contribution is 0.0941. The van der Waals surface area contributed by atoms with Gasteiger partial charge in [-0.2, -0.15) is 0 Å². The van der Waals surface area contributed by atoms with Crippen molar-refractivity contribution in [2.24, 2.45) is 0 Å². The van der Waals surface area contributed by atoms with Crippen LogP contribution < -0.4 is 5.32 Å². The summed E-state index contributed by atoms with van der Waals surface area (Å²) in [6.45, 7) is 0.388. The normalized spacial score (nSPS) is 12.3. The molecule has 0 aliphatic carbocycles. The first-order valence-corrected chi connectivity index (χ1v) is 8.21. The van der Waals surface area contributed by atoms with Gasteiger partial charge in [0, 0.05) is 16.0 Å². The zero-order valence-corrected chi connectivity index (χ0v) is 15.2. The van der Waals surface area contributed by atoms with Crippen LogP contribution in [0.2, 0.25) is 5.02 Å². The van der Waals surface area contributed by atoms with Crippen molar-refractivity contribution >= 4 is 33.4 Å². The van der Waals surface area contributed by atoms with Crippen molar-refractivity contribution in [1.29, 1.82) is 0 Å². The Morgan fingerprint density at radius 2 is 2.00 bits per heavy atom. The van der Waals surface area contributed by atoms with Gasteiger partial charge in [-0.05, 0) is 59.9 Å². The predicted octanol–water partition coefficient (Wildman–Crippen LogP) is 4.27. The molecular formula is C17H17BrClFN2O. The molecule has 3 nitrogen and oxygen atoms in total. The van der Waals surface area contributed by atoms with Gasteiger partial charge in [-0.25, -0.2) is 4.39 Å². The Morgan fingerprint density at radius 3 is 2.61 bits per heavy atom. The third-order valence-electron chi connectivity index (χ3n) is 3.52. The van der Waals surface area contributed by atoms with E-state index < -0.39 is 5.82 Å². The second kappa shape index (κ2) is 7.90. The van der Waals surface area contributed by atoms with Gasteiger partial charge in [-0.3, -0.25) is 4.79 Å². The molecule has 0 aliphatic rings. The summed E-state index contributed by atoms with van der Waals surface area (Å²) < 4.78 is 13.5. The standard InChI is InChI=1S/C17H17BrClFN2O/c1-22(2)16(13-5-3-4-6-15(13)19)10-21-17(23)12-8-7-11(20)9-14(12)18/h3-9,16H,10H2,1-2H3,(H,21,23). The lowest BCUT2D eigenvalue weighted by atomic mass is 10.1. The molecule has 23 heavy (non-hydrogen) atoms. The van der Waals surface area contributed by atoms with Gasteiger partial charge < -0.3 is 10.2 Å². The summed E-state index contributed by atoms with van der Waals surface area (Å²) in [4.78, 5) is 14.3. The first-order valence-electron chi connectivity index (χ1n) is 7.04. The second-order valence-electron chi connectivity index (χ2n) is 5.34. The van der Waals surface area contributed by atoms with Crippen molar-refractivity contribution in [3.05, 3.63) is 68.9 Å². The number of benzene rings is 2. The van der Waals surface area contributed by atoms with Crippen molar-refractivity contribution in [1.82, 2.24) is 10.2 Å².